The molecule has 0 saturated carbocycles. The van der Waals surface area contributed by atoms with Gasteiger partial charge in [-0.2, -0.15) is 0 Å². The number of nitrogens with zero attached hydrogens (tertiary/aromatic N) is 2. The van der Waals surface area contributed by atoms with Crippen molar-refractivity contribution in [1.82, 2.24) is 9.88 Å². The van der Waals surface area contributed by atoms with Crippen LogP contribution in [-0.2, 0) is 14.8 Å². The Balaban J connectivity index is 1.58. The molecule has 0 unspecified atom stereocenters. The average Bonchev–Trinajstić information content (AvgIpc) is 3.09. The van der Waals surface area contributed by atoms with Crippen LogP contribution in [0, 0.1) is 0 Å². The molecule has 146 valence electrons. The third-order valence-corrected chi connectivity index (χ3v) is 6.95. The predicted molar refractivity (Wildman–Crippen MR) is 109 cm³/mol. The molecule has 3 aromatic rings. The summed E-state index contributed by atoms with van der Waals surface area (Å²) >= 11 is 6.99. The van der Waals surface area contributed by atoms with E-state index >= 15 is 0 Å². The van der Waals surface area contributed by atoms with Gasteiger partial charge in [-0.3, -0.25) is 9.52 Å². The first-order chi connectivity index (χ1) is 13.4. The zero-order valence-corrected chi connectivity index (χ0v) is 17.0. The van der Waals surface area contributed by atoms with Crippen LogP contribution in [0.15, 0.2) is 47.4 Å². The van der Waals surface area contributed by atoms with Crippen molar-refractivity contribution in [2.45, 2.75) is 4.90 Å². The molecule has 0 aliphatic carbocycles. The summed E-state index contributed by atoms with van der Waals surface area (Å²) in [6.07, 6.45) is 0. The molecule has 1 amide bonds. The number of carbonyl (C=O) groups excluding carboxylic acids is 1. The van der Waals surface area contributed by atoms with Crippen molar-refractivity contribution in [3.05, 3.63) is 53.1 Å². The lowest BCUT2D eigenvalue weighted by molar-refractivity contribution is 0.0303. The standard InChI is InChI=1S/C18H16ClN3O4S2/c19-13-2-4-14(5-3-13)28(24,25)21-18-20-15-6-1-12(11-16(15)27-18)17(23)22-7-9-26-10-8-22/h1-6,11H,7-10H2,(H,20,21). The number of ether oxygens (including phenoxy) is 1. The molecule has 1 aliphatic rings. The Morgan fingerprint density at radius 1 is 1.14 bits per heavy atom. The molecular weight excluding hydrogens is 422 g/mol. The molecule has 0 atom stereocenters. The van der Waals surface area contributed by atoms with Crippen molar-refractivity contribution in [1.29, 1.82) is 0 Å². The number of hydrogen-bond donors (Lipinski definition) is 1. The summed E-state index contributed by atoms with van der Waals surface area (Å²) in [5.74, 6) is -0.0677. The monoisotopic (exact) mass is 437 g/mol. The molecule has 1 fully saturated rings. The first-order valence-corrected chi connectivity index (χ1v) is 11.2. The Kier molecular flexibility index (Phi) is 5.24. The Morgan fingerprint density at radius 3 is 2.57 bits per heavy atom. The van der Waals surface area contributed by atoms with E-state index < -0.39 is 10.0 Å². The summed E-state index contributed by atoms with van der Waals surface area (Å²) in [4.78, 5) is 18.8. The number of fused-ring (bicyclic) bond motifs is 1. The van der Waals surface area contributed by atoms with Crippen LogP contribution in [0.2, 0.25) is 5.02 Å². The lowest BCUT2D eigenvalue weighted by Crippen LogP contribution is -2.40. The summed E-state index contributed by atoms with van der Waals surface area (Å²) in [7, 11) is -3.77. The van der Waals surface area contributed by atoms with Crippen LogP contribution in [0.3, 0.4) is 0 Å². The fraction of sp³-hybridized carbons (Fsp3) is 0.222. The number of carbonyl (C=O) groups is 1. The highest BCUT2D eigenvalue weighted by Gasteiger charge is 2.20. The smallest absolute Gasteiger partial charge is 0.263 e. The van der Waals surface area contributed by atoms with Crippen molar-refractivity contribution in [3.63, 3.8) is 0 Å². The van der Waals surface area contributed by atoms with Gasteiger partial charge < -0.3 is 9.64 Å². The minimum Gasteiger partial charge on any atom is -0.378 e. The number of morpholine rings is 1. The lowest BCUT2D eigenvalue weighted by atomic mass is 10.2. The number of nitrogens with one attached hydrogen (secondary N) is 1. The van der Waals surface area contributed by atoms with E-state index in [1.165, 1.54) is 35.6 Å². The minimum atomic E-state index is -3.77. The van der Waals surface area contributed by atoms with E-state index in [4.69, 9.17) is 16.3 Å². The summed E-state index contributed by atoms with van der Waals surface area (Å²) < 4.78 is 33.5. The normalized spacial score (nSPS) is 15.0. The van der Waals surface area contributed by atoms with E-state index in [0.717, 1.165) is 4.70 Å². The van der Waals surface area contributed by atoms with Crippen molar-refractivity contribution in [2.24, 2.45) is 0 Å². The van der Waals surface area contributed by atoms with Crippen molar-refractivity contribution in [2.75, 3.05) is 31.0 Å². The van der Waals surface area contributed by atoms with Crippen LogP contribution in [0.4, 0.5) is 5.13 Å². The van der Waals surface area contributed by atoms with Gasteiger partial charge in [0.25, 0.3) is 15.9 Å². The van der Waals surface area contributed by atoms with Crippen LogP contribution in [-0.4, -0.2) is 50.5 Å². The highest BCUT2D eigenvalue weighted by Crippen LogP contribution is 2.29. The number of aromatic nitrogens is 1. The second-order valence-corrected chi connectivity index (χ2v) is 9.32. The number of benzene rings is 2. The topological polar surface area (TPSA) is 88.6 Å². The lowest BCUT2D eigenvalue weighted by Gasteiger charge is -2.26. The Morgan fingerprint density at radius 2 is 1.86 bits per heavy atom. The summed E-state index contributed by atoms with van der Waals surface area (Å²) in [6, 6.07) is 11.0. The highest BCUT2D eigenvalue weighted by molar-refractivity contribution is 7.93. The van der Waals surface area contributed by atoms with E-state index in [2.05, 4.69) is 9.71 Å². The van der Waals surface area contributed by atoms with Gasteiger partial charge in [0.2, 0.25) is 0 Å². The summed E-state index contributed by atoms with van der Waals surface area (Å²) in [6.45, 7) is 2.19. The molecule has 0 radical (unpaired) electrons. The Hall–Kier alpha value is -2.20. The van der Waals surface area contributed by atoms with Crippen molar-refractivity contribution in [3.8, 4) is 0 Å². The largest absolute Gasteiger partial charge is 0.378 e. The molecular formula is C18H16ClN3O4S2. The fourth-order valence-electron chi connectivity index (χ4n) is 2.84. The maximum atomic E-state index is 12.6. The van der Waals surface area contributed by atoms with Gasteiger partial charge in [-0.05, 0) is 42.5 Å². The van der Waals surface area contributed by atoms with Crippen molar-refractivity contribution < 1.29 is 17.9 Å². The van der Waals surface area contributed by atoms with Gasteiger partial charge in [0.05, 0.1) is 28.3 Å². The van der Waals surface area contributed by atoms with Gasteiger partial charge in [-0.15, -0.1) is 0 Å². The van der Waals surface area contributed by atoms with Gasteiger partial charge in [0.15, 0.2) is 5.13 Å². The van der Waals surface area contributed by atoms with E-state index in [9.17, 15) is 13.2 Å². The Labute approximate surface area is 170 Å². The third-order valence-electron chi connectivity index (χ3n) is 4.28. The number of thiazole rings is 1. The van der Waals surface area contributed by atoms with Gasteiger partial charge in [0, 0.05) is 23.7 Å². The maximum Gasteiger partial charge on any atom is 0.263 e. The highest BCUT2D eigenvalue weighted by atomic mass is 35.5. The fourth-order valence-corrected chi connectivity index (χ4v) is 5.10. The zero-order valence-electron chi connectivity index (χ0n) is 14.6. The third kappa shape index (κ3) is 3.97. The summed E-state index contributed by atoms with van der Waals surface area (Å²) in [5, 5.41) is 0.692. The number of hydrogen-bond acceptors (Lipinski definition) is 6. The molecule has 1 saturated heterocycles. The number of amides is 1. The number of anilines is 1. The second kappa shape index (κ2) is 7.67. The summed E-state index contributed by atoms with van der Waals surface area (Å²) in [5.41, 5.74) is 1.17. The Bertz CT molecular complexity index is 1120. The van der Waals surface area contributed by atoms with Gasteiger partial charge in [-0.1, -0.05) is 22.9 Å². The molecule has 2 aromatic carbocycles. The zero-order chi connectivity index (χ0) is 19.7. The van der Waals surface area contributed by atoms with Crippen LogP contribution >= 0.6 is 22.9 Å². The number of halogens is 1. The molecule has 4 rings (SSSR count). The molecule has 1 aromatic heterocycles. The average molecular weight is 438 g/mol. The van der Waals surface area contributed by atoms with Gasteiger partial charge in [-0.25, -0.2) is 13.4 Å². The second-order valence-electron chi connectivity index (χ2n) is 6.17. The van der Waals surface area contributed by atoms with Crippen LogP contribution in [0.5, 0.6) is 0 Å². The predicted octanol–water partition coefficient (Wildman–Crippen LogP) is 3.22. The molecule has 0 spiro atoms. The minimum absolute atomic E-state index is 0.0677. The molecule has 7 nitrogen and oxygen atoms in total. The van der Waals surface area contributed by atoms with Crippen LogP contribution in [0.1, 0.15) is 10.4 Å². The number of rotatable bonds is 4. The van der Waals surface area contributed by atoms with Gasteiger partial charge in [0.1, 0.15) is 0 Å². The van der Waals surface area contributed by atoms with E-state index in [-0.39, 0.29) is 15.9 Å². The molecule has 28 heavy (non-hydrogen) atoms. The quantitative estimate of drug-likeness (QED) is 0.677. The first kappa shape index (κ1) is 19.1. The van der Waals surface area contributed by atoms with E-state index in [1.807, 2.05) is 0 Å². The number of sulfonamides is 1. The molecule has 0 bridgehead atoms. The SMILES string of the molecule is O=C(c1ccc2nc(NS(=O)(=O)c3ccc(Cl)cc3)sc2c1)N1CCOCC1. The maximum absolute atomic E-state index is 12.6. The van der Waals surface area contributed by atoms with Crippen LogP contribution < -0.4 is 4.72 Å². The molecule has 1 aliphatic heterocycles. The van der Waals surface area contributed by atoms with E-state index in [0.29, 0.717) is 42.4 Å². The van der Waals surface area contributed by atoms with E-state index in [1.54, 1.807) is 23.1 Å². The molecule has 10 heteroatoms. The van der Waals surface area contributed by atoms with Crippen molar-refractivity contribution >= 4 is 54.2 Å². The molecule has 2 heterocycles. The van der Waals surface area contributed by atoms with Gasteiger partial charge >= 0.3 is 0 Å². The van der Waals surface area contributed by atoms with Crippen LogP contribution in [0.25, 0.3) is 10.2 Å². The first-order valence-electron chi connectivity index (χ1n) is 8.48. The molecule has 1 N–H and O–H groups in total.